The molecule has 4 heteroatoms. The Morgan fingerprint density at radius 2 is 1.94 bits per heavy atom. The zero-order valence-corrected chi connectivity index (χ0v) is 9.00. The SMILES string of the molecule is O=C(CCC(O)O)OCCc1ccccc1. The molecule has 4 nitrogen and oxygen atoms in total. The lowest BCUT2D eigenvalue weighted by Gasteiger charge is -2.05. The molecule has 1 aromatic rings. The first-order valence-corrected chi connectivity index (χ1v) is 5.24. The average Bonchev–Trinajstić information content (AvgIpc) is 2.28. The number of ether oxygens (including phenoxy) is 1. The lowest BCUT2D eigenvalue weighted by molar-refractivity contribution is -0.146. The highest BCUT2D eigenvalue weighted by atomic mass is 16.5. The van der Waals surface area contributed by atoms with Crippen molar-refractivity contribution in [3.8, 4) is 0 Å². The van der Waals surface area contributed by atoms with Gasteiger partial charge in [0, 0.05) is 12.8 Å². The van der Waals surface area contributed by atoms with Gasteiger partial charge in [0.2, 0.25) is 0 Å². The number of carbonyl (C=O) groups excluding carboxylic acids is 1. The molecule has 0 aliphatic heterocycles. The van der Waals surface area contributed by atoms with Crippen molar-refractivity contribution >= 4 is 5.97 Å². The third kappa shape index (κ3) is 5.48. The summed E-state index contributed by atoms with van der Waals surface area (Å²) in [6, 6.07) is 9.72. The van der Waals surface area contributed by atoms with E-state index in [0.717, 1.165) is 5.56 Å². The Morgan fingerprint density at radius 1 is 1.25 bits per heavy atom. The fourth-order valence-corrected chi connectivity index (χ4v) is 1.25. The van der Waals surface area contributed by atoms with Crippen LogP contribution in [-0.2, 0) is 16.0 Å². The van der Waals surface area contributed by atoms with Gasteiger partial charge in [-0.3, -0.25) is 4.79 Å². The third-order valence-corrected chi connectivity index (χ3v) is 2.10. The van der Waals surface area contributed by atoms with Gasteiger partial charge in [-0.25, -0.2) is 0 Å². The number of hydrogen-bond acceptors (Lipinski definition) is 4. The second-order valence-electron chi connectivity index (χ2n) is 3.48. The third-order valence-electron chi connectivity index (χ3n) is 2.10. The van der Waals surface area contributed by atoms with Crippen LogP contribution in [0.1, 0.15) is 18.4 Å². The molecule has 0 unspecified atom stereocenters. The molecule has 2 N–H and O–H groups in total. The summed E-state index contributed by atoms with van der Waals surface area (Å²) < 4.78 is 4.94. The van der Waals surface area contributed by atoms with Crippen molar-refractivity contribution < 1.29 is 19.7 Å². The van der Waals surface area contributed by atoms with Crippen molar-refractivity contribution in [1.82, 2.24) is 0 Å². The summed E-state index contributed by atoms with van der Waals surface area (Å²) in [7, 11) is 0. The second kappa shape index (κ2) is 6.98. The monoisotopic (exact) mass is 224 g/mol. The van der Waals surface area contributed by atoms with Gasteiger partial charge < -0.3 is 14.9 Å². The van der Waals surface area contributed by atoms with Crippen molar-refractivity contribution in [2.45, 2.75) is 25.6 Å². The highest BCUT2D eigenvalue weighted by molar-refractivity contribution is 5.69. The topological polar surface area (TPSA) is 66.8 Å². The van der Waals surface area contributed by atoms with Crippen LogP contribution in [0.2, 0.25) is 0 Å². The summed E-state index contributed by atoms with van der Waals surface area (Å²) in [5.74, 6) is -0.399. The first-order chi connectivity index (χ1) is 7.68. The van der Waals surface area contributed by atoms with Crippen molar-refractivity contribution in [1.29, 1.82) is 0 Å². The van der Waals surface area contributed by atoms with Gasteiger partial charge in [0.15, 0.2) is 6.29 Å². The highest BCUT2D eigenvalue weighted by Gasteiger charge is 2.05. The number of carbonyl (C=O) groups is 1. The zero-order valence-electron chi connectivity index (χ0n) is 9.00. The number of aliphatic hydroxyl groups excluding tert-OH is 1. The van der Waals surface area contributed by atoms with Crippen LogP contribution in [-0.4, -0.2) is 29.1 Å². The Morgan fingerprint density at radius 3 is 2.56 bits per heavy atom. The normalized spacial score (nSPS) is 10.4. The minimum Gasteiger partial charge on any atom is -0.465 e. The molecule has 0 aliphatic carbocycles. The molecule has 0 aliphatic rings. The smallest absolute Gasteiger partial charge is 0.305 e. The van der Waals surface area contributed by atoms with Crippen LogP contribution < -0.4 is 0 Å². The summed E-state index contributed by atoms with van der Waals surface area (Å²) in [5.41, 5.74) is 1.11. The maximum Gasteiger partial charge on any atom is 0.305 e. The molecule has 0 aromatic heterocycles. The lowest BCUT2D eigenvalue weighted by Crippen LogP contribution is -2.12. The molecule has 88 valence electrons. The maximum absolute atomic E-state index is 11.1. The zero-order chi connectivity index (χ0) is 11.8. The molecule has 1 rings (SSSR count). The molecular formula is C12H16O4. The van der Waals surface area contributed by atoms with Gasteiger partial charge in [0.05, 0.1) is 13.0 Å². The predicted octanol–water partition coefficient (Wildman–Crippen LogP) is 0.863. The van der Waals surface area contributed by atoms with Crippen molar-refractivity contribution in [3.05, 3.63) is 35.9 Å². The van der Waals surface area contributed by atoms with E-state index in [1.807, 2.05) is 30.3 Å². The van der Waals surface area contributed by atoms with Crippen LogP contribution in [0, 0.1) is 0 Å². The molecule has 0 heterocycles. The van der Waals surface area contributed by atoms with E-state index in [-0.39, 0.29) is 12.8 Å². The van der Waals surface area contributed by atoms with Gasteiger partial charge in [-0.2, -0.15) is 0 Å². The van der Waals surface area contributed by atoms with Gasteiger partial charge >= 0.3 is 5.97 Å². The second-order valence-corrected chi connectivity index (χ2v) is 3.48. The maximum atomic E-state index is 11.1. The van der Waals surface area contributed by atoms with Crippen molar-refractivity contribution in [2.24, 2.45) is 0 Å². The minimum atomic E-state index is -1.44. The number of esters is 1. The molecule has 0 bridgehead atoms. The summed E-state index contributed by atoms with van der Waals surface area (Å²) in [6.45, 7) is 0.324. The molecule has 1 aromatic carbocycles. The lowest BCUT2D eigenvalue weighted by atomic mass is 10.2. The quantitative estimate of drug-likeness (QED) is 0.555. The Kier molecular flexibility index (Phi) is 5.53. The standard InChI is InChI=1S/C12H16O4/c13-11(14)6-7-12(15)16-9-8-10-4-2-1-3-5-10/h1-5,11,13-14H,6-9H2. The van der Waals surface area contributed by atoms with Gasteiger partial charge in [-0.05, 0) is 5.56 Å². The number of rotatable bonds is 6. The van der Waals surface area contributed by atoms with E-state index >= 15 is 0 Å². The fourth-order valence-electron chi connectivity index (χ4n) is 1.25. The molecule has 0 amide bonds. The molecule has 0 atom stereocenters. The molecule has 0 saturated carbocycles. The van der Waals surface area contributed by atoms with E-state index < -0.39 is 12.3 Å². The highest BCUT2D eigenvalue weighted by Crippen LogP contribution is 2.01. The Labute approximate surface area is 94.5 Å². The van der Waals surface area contributed by atoms with E-state index in [2.05, 4.69) is 0 Å². The van der Waals surface area contributed by atoms with Crippen molar-refractivity contribution in [3.63, 3.8) is 0 Å². The van der Waals surface area contributed by atoms with Crippen LogP contribution in [0.25, 0.3) is 0 Å². The molecule has 0 spiro atoms. The summed E-state index contributed by atoms with van der Waals surface area (Å²) in [6.07, 6.45) is -0.716. The summed E-state index contributed by atoms with van der Waals surface area (Å²) >= 11 is 0. The van der Waals surface area contributed by atoms with E-state index in [9.17, 15) is 4.79 Å². The minimum absolute atomic E-state index is 0.0180. The predicted molar refractivity (Wildman–Crippen MR) is 58.6 cm³/mol. The van der Waals surface area contributed by atoms with Gasteiger partial charge in [0.25, 0.3) is 0 Å². The fraction of sp³-hybridized carbons (Fsp3) is 0.417. The number of aliphatic hydroxyl groups is 2. The number of hydrogen-bond donors (Lipinski definition) is 2. The molecule has 0 radical (unpaired) electrons. The number of benzene rings is 1. The van der Waals surface area contributed by atoms with Crippen LogP contribution in [0.3, 0.4) is 0 Å². The van der Waals surface area contributed by atoms with Crippen LogP contribution in [0.5, 0.6) is 0 Å². The molecule has 0 fully saturated rings. The van der Waals surface area contributed by atoms with Crippen LogP contribution in [0.15, 0.2) is 30.3 Å². The van der Waals surface area contributed by atoms with Gasteiger partial charge in [-0.15, -0.1) is 0 Å². The Hall–Kier alpha value is -1.39. The van der Waals surface area contributed by atoms with E-state index in [0.29, 0.717) is 13.0 Å². The van der Waals surface area contributed by atoms with Gasteiger partial charge in [0.1, 0.15) is 0 Å². The summed E-state index contributed by atoms with van der Waals surface area (Å²) in [5, 5.41) is 17.1. The first-order valence-electron chi connectivity index (χ1n) is 5.24. The van der Waals surface area contributed by atoms with Crippen LogP contribution >= 0.6 is 0 Å². The molecule has 0 saturated heterocycles. The van der Waals surface area contributed by atoms with E-state index in [1.54, 1.807) is 0 Å². The van der Waals surface area contributed by atoms with E-state index in [1.165, 1.54) is 0 Å². The Bertz CT molecular complexity index is 308. The van der Waals surface area contributed by atoms with Gasteiger partial charge in [-0.1, -0.05) is 30.3 Å². The summed E-state index contributed by atoms with van der Waals surface area (Å²) in [4.78, 5) is 11.1. The average molecular weight is 224 g/mol. The Balaban J connectivity index is 2.13. The largest absolute Gasteiger partial charge is 0.465 e. The van der Waals surface area contributed by atoms with E-state index in [4.69, 9.17) is 14.9 Å². The first kappa shape index (κ1) is 12.7. The van der Waals surface area contributed by atoms with Crippen molar-refractivity contribution in [2.75, 3.05) is 6.61 Å². The van der Waals surface area contributed by atoms with Crippen LogP contribution in [0.4, 0.5) is 0 Å². The molecular weight excluding hydrogens is 208 g/mol. The molecule has 16 heavy (non-hydrogen) atoms.